The molecular formula is C19H29N5O. The van der Waals surface area contributed by atoms with Crippen molar-refractivity contribution in [2.24, 2.45) is 5.73 Å². The Bertz CT molecular complexity index is 641. The van der Waals surface area contributed by atoms with Gasteiger partial charge in [0.15, 0.2) is 0 Å². The van der Waals surface area contributed by atoms with E-state index in [0.29, 0.717) is 17.6 Å². The summed E-state index contributed by atoms with van der Waals surface area (Å²) in [6.45, 7) is 5.34. The van der Waals surface area contributed by atoms with E-state index in [1.165, 1.54) is 25.7 Å². The number of nitrogens with one attached hydrogen (secondary N) is 1. The molecule has 0 bridgehead atoms. The van der Waals surface area contributed by atoms with Crippen LogP contribution >= 0.6 is 0 Å². The largest absolute Gasteiger partial charge is 0.366 e. The standard InChI is InChI=1S/C19H29N5O/c1-22-9-11-23(12-10-22)16-7-2-3-8-17(16)24-13-21-15-6-4-5-14(18(15)24)19(20)25/h4-6,16-17,21H,2-3,7-13H2,1H3,(H2,20,25). The fourth-order valence-corrected chi connectivity index (χ4v) is 4.76. The van der Waals surface area contributed by atoms with Crippen molar-refractivity contribution in [1.82, 2.24) is 9.80 Å². The quantitative estimate of drug-likeness (QED) is 0.871. The minimum absolute atomic E-state index is 0.336. The van der Waals surface area contributed by atoms with Gasteiger partial charge in [0.1, 0.15) is 0 Å². The number of hydrogen-bond donors (Lipinski definition) is 2. The lowest BCUT2D eigenvalue weighted by Gasteiger charge is -2.47. The van der Waals surface area contributed by atoms with Gasteiger partial charge in [-0.3, -0.25) is 9.69 Å². The number of fused-ring (bicyclic) bond motifs is 1. The Morgan fingerprint density at radius 2 is 1.84 bits per heavy atom. The number of amides is 1. The van der Waals surface area contributed by atoms with Crippen molar-refractivity contribution in [2.75, 3.05) is 50.1 Å². The number of primary amides is 1. The molecule has 2 unspecified atom stereocenters. The van der Waals surface area contributed by atoms with E-state index in [1.54, 1.807) is 0 Å². The molecule has 0 radical (unpaired) electrons. The van der Waals surface area contributed by atoms with E-state index < -0.39 is 0 Å². The van der Waals surface area contributed by atoms with Crippen molar-refractivity contribution in [2.45, 2.75) is 37.8 Å². The zero-order valence-electron chi connectivity index (χ0n) is 15.1. The summed E-state index contributed by atoms with van der Waals surface area (Å²) in [6, 6.07) is 6.83. The van der Waals surface area contributed by atoms with Gasteiger partial charge in [0.25, 0.3) is 5.91 Å². The molecule has 1 amide bonds. The van der Waals surface area contributed by atoms with E-state index in [0.717, 1.165) is 44.2 Å². The molecule has 6 nitrogen and oxygen atoms in total. The van der Waals surface area contributed by atoms with Crippen LogP contribution in [0.2, 0.25) is 0 Å². The zero-order valence-corrected chi connectivity index (χ0v) is 15.1. The maximum atomic E-state index is 12.0. The van der Waals surface area contributed by atoms with Gasteiger partial charge in [0.05, 0.1) is 23.6 Å². The molecule has 2 atom stereocenters. The lowest BCUT2D eigenvalue weighted by molar-refractivity contribution is 0.0786. The molecule has 0 aromatic heterocycles. The number of rotatable bonds is 3. The Hall–Kier alpha value is -1.79. The van der Waals surface area contributed by atoms with Crippen molar-refractivity contribution in [1.29, 1.82) is 0 Å². The molecule has 6 heteroatoms. The van der Waals surface area contributed by atoms with Crippen molar-refractivity contribution in [3.05, 3.63) is 23.8 Å². The Morgan fingerprint density at radius 1 is 1.12 bits per heavy atom. The average molecular weight is 343 g/mol. The highest BCUT2D eigenvalue weighted by Gasteiger charge is 2.38. The number of carbonyl (C=O) groups is 1. The molecule has 1 aliphatic carbocycles. The van der Waals surface area contributed by atoms with E-state index in [2.05, 4.69) is 33.1 Å². The number of hydrogen-bond acceptors (Lipinski definition) is 5. The van der Waals surface area contributed by atoms with E-state index in [4.69, 9.17) is 5.73 Å². The number of benzene rings is 1. The van der Waals surface area contributed by atoms with Gasteiger partial charge >= 0.3 is 0 Å². The molecule has 136 valence electrons. The second kappa shape index (κ2) is 6.84. The third-order valence-corrected chi connectivity index (χ3v) is 6.13. The lowest BCUT2D eigenvalue weighted by atomic mass is 9.87. The maximum absolute atomic E-state index is 12.0. The molecule has 1 aromatic carbocycles. The Balaban J connectivity index is 1.62. The number of anilines is 2. The number of nitrogens with two attached hydrogens (primary N) is 1. The van der Waals surface area contributed by atoms with Gasteiger partial charge in [-0.2, -0.15) is 0 Å². The van der Waals surface area contributed by atoms with Crippen LogP contribution in [0.15, 0.2) is 18.2 Å². The second-order valence-electron chi connectivity index (χ2n) is 7.63. The van der Waals surface area contributed by atoms with E-state index in [-0.39, 0.29) is 5.91 Å². The van der Waals surface area contributed by atoms with Gasteiger partial charge < -0.3 is 20.9 Å². The molecule has 3 aliphatic rings. The normalized spacial score (nSPS) is 27.8. The summed E-state index contributed by atoms with van der Waals surface area (Å²) >= 11 is 0. The van der Waals surface area contributed by atoms with Gasteiger partial charge in [0, 0.05) is 38.3 Å². The number of piperazine rings is 1. The summed E-state index contributed by atoms with van der Waals surface area (Å²) in [5.74, 6) is -0.336. The van der Waals surface area contributed by atoms with Gasteiger partial charge in [-0.25, -0.2) is 0 Å². The summed E-state index contributed by atoms with van der Waals surface area (Å²) in [5, 5.41) is 3.46. The monoisotopic (exact) mass is 343 g/mol. The first-order chi connectivity index (χ1) is 12.1. The smallest absolute Gasteiger partial charge is 0.250 e. The molecule has 3 N–H and O–H groups in total. The third-order valence-electron chi connectivity index (χ3n) is 6.13. The van der Waals surface area contributed by atoms with Crippen LogP contribution in [0.3, 0.4) is 0 Å². The second-order valence-corrected chi connectivity index (χ2v) is 7.63. The summed E-state index contributed by atoms with van der Waals surface area (Å²) in [5.41, 5.74) is 8.36. The Kier molecular flexibility index (Phi) is 4.56. The number of nitrogens with zero attached hydrogens (tertiary/aromatic N) is 3. The van der Waals surface area contributed by atoms with Crippen molar-refractivity contribution >= 4 is 17.3 Å². The number of carbonyl (C=O) groups excluding carboxylic acids is 1. The van der Waals surface area contributed by atoms with Crippen LogP contribution in [0.4, 0.5) is 11.4 Å². The van der Waals surface area contributed by atoms with Gasteiger partial charge in [-0.1, -0.05) is 18.9 Å². The van der Waals surface area contributed by atoms with Gasteiger partial charge in [-0.15, -0.1) is 0 Å². The minimum atomic E-state index is -0.336. The van der Waals surface area contributed by atoms with Crippen LogP contribution in [0.5, 0.6) is 0 Å². The first-order valence-electron chi connectivity index (χ1n) is 9.51. The van der Waals surface area contributed by atoms with Gasteiger partial charge in [0.2, 0.25) is 0 Å². The topological polar surface area (TPSA) is 64.8 Å². The van der Waals surface area contributed by atoms with Crippen molar-refractivity contribution in [3.8, 4) is 0 Å². The van der Waals surface area contributed by atoms with Crippen molar-refractivity contribution in [3.63, 3.8) is 0 Å². The summed E-state index contributed by atoms with van der Waals surface area (Å²) in [6.07, 6.45) is 5.00. The SMILES string of the molecule is CN1CCN(C2CCCCC2N2CNc3cccc(C(N)=O)c32)CC1. The Labute approximate surface area is 149 Å². The van der Waals surface area contributed by atoms with E-state index >= 15 is 0 Å². The zero-order chi connectivity index (χ0) is 17.4. The number of para-hydroxylation sites is 1. The molecule has 0 spiro atoms. The molecule has 2 aliphatic heterocycles. The molecule has 2 fully saturated rings. The molecular weight excluding hydrogens is 314 g/mol. The first kappa shape index (κ1) is 16.7. The molecule has 1 aromatic rings. The Morgan fingerprint density at radius 3 is 2.56 bits per heavy atom. The molecule has 1 saturated carbocycles. The van der Waals surface area contributed by atoms with Crippen LogP contribution in [0.1, 0.15) is 36.0 Å². The van der Waals surface area contributed by atoms with E-state index in [1.807, 2.05) is 12.1 Å². The highest BCUT2D eigenvalue weighted by Crippen LogP contribution is 2.40. The summed E-state index contributed by atoms with van der Waals surface area (Å²) in [7, 11) is 2.20. The van der Waals surface area contributed by atoms with Crippen LogP contribution in [0, 0.1) is 0 Å². The fraction of sp³-hybridized carbons (Fsp3) is 0.632. The molecule has 2 heterocycles. The summed E-state index contributed by atoms with van der Waals surface area (Å²) < 4.78 is 0. The molecule has 25 heavy (non-hydrogen) atoms. The van der Waals surface area contributed by atoms with E-state index in [9.17, 15) is 4.79 Å². The van der Waals surface area contributed by atoms with Crippen LogP contribution in [0.25, 0.3) is 0 Å². The average Bonchev–Trinajstić information content (AvgIpc) is 3.06. The maximum Gasteiger partial charge on any atom is 0.250 e. The van der Waals surface area contributed by atoms with Crippen molar-refractivity contribution < 1.29 is 4.79 Å². The number of likely N-dealkylation sites (N-methyl/N-ethyl adjacent to an activating group) is 1. The predicted molar refractivity (Wildman–Crippen MR) is 101 cm³/mol. The van der Waals surface area contributed by atoms with Crippen LogP contribution in [-0.2, 0) is 0 Å². The van der Waals surface area contributed by atoms with Crippen LogP contribution < -0.4 is 16.0 Å². The molecule has 1 saturated heterocycles. The van der Waals surface area contributed by atoms with Crippen LogP contribution in [-0.4, -0.2) is 67.7 Å². The highest BCUT2D eigenvalue weighted by atomic mass is 16.1. The molecule has 4 rings (SSSR count). The minimum Gasteiger partial charge on any atom is -0.366 e. The third kappa shape index (κ3) is 3.09. The van der Waals surface area contributed by atoms with Gasteiger partial charge in [-0.05, 0) is 32.0 Å². The highest BCUT2D eigenvalue weighted by molar-refractivity contribution is 6.02. The predicted octanol–water partition coefficient (Wildman–Crippen LogP) is 1.53. The summed E-state index contributed by atoms with van der Waals surface area (Å²) in [4.78, 5) is 19.5. The first-order valence-corrected chi connectivity index (χ1v) is 9.51. The lowest BCUT2D eigenvalue weighted by Crippen LogP contribution is -2.58. The fourth-order valence-electron chi connectivity index (χ4n) is 4.76.